The van der Waals surface area contributed by atoms with Gasteiger partial charge < -0.3 is 15.1 Å². The molecule has 1 aromatic carbocycles. The summed E-state index contributed by atoms with van der Waals surface area (Å²) in [6, 6.07) is 9.44. The standard InChI is InChI=1S/C19H28N2O4/c1-17(2,24-3)19-13-18(22,14-9-5-4-6-10-14)25-21(19)16-12-8-7-11-15(16)20(19)23/h4-6,9-10,15-16,22-23H,7-8,11-13H2,1-3H3/t15?,16?,18?,19-/m0/s1. The molecule has 0 bridgehead atoms. The smallest absolute Gasteiger partial charge is 0.214 e. The number of benzene rings is 1. The number of hydroxylamine groups is 4. The van der Waals surface area contributed by atoms with E-state index in [-0.39, 0.29) is 18.5 Å². The van der Waals surface area contributed by atoms with E-state index in [0.717, 1.165) is 25.7 Å². The highest BCUT2D eigenvalue weighted by atomic mass is 16.8. The topological polar surface area (TPSA) is 65.4 Å². The fraction of sp³-hybridized carbons (Fsp3) is 0.684. The van der Waals surface area contributed by atoms with E-state index in [1.807, 2.05) is 49.2 Å². The molecule has 3 unspecified atom stereocenters. The summed E-state index contributed by atoms with van der Waals surface area (Å²) in [5.74, 6) is -1.49. The Hall–Kier alpha value is -1.02. The average Bonchev–Trinajstić information content (AvgIpc) is 3.08. The zero-order chi connectivity index (χ0) is 17.9. The van der Waals surface area contributed by atoms with Crippen molar-refractivity contribution < 1.29 is 19.9 Å². The maximum atomic E-state index is 11.3. The first kappa shape index (κ1) is 17.4. The van der Waals surface area contributed by atoms with Gasteiger partial charge in [-0.2, -0.15) is 10.1 Å². The minimum atomic E-state index is -1.49. The van der Waals surface area contributed by atoms with E-state index >= 15 is 0 Å². The van der Waals surface area contributed by atoms with Gasteiger partial charge in [-0.25, -0.2) is 0 Å². The summed E-state index contributed by atoms with van der Waals surface area (Å²) in [6.07, 6.45) is 4.27. The van der Waals surface area contributed by atoms with Gasteiger partial charge in [-0.1, -0.05) is 43.2 Å². The van der Waals surface area contributed by atoms with Crippen LogP contribution < -0.4 is 0 Å². The SMILES string of the molecule is COC(C)(C)[C@]12CC(O)(c3ccccc3)ON1C1CCCCC1N2O. The molecule has 25 heavy (non-hydrogen) atoms. The lowest BCUT2D eigenvalue weighted by atomic mass is 9.83. The van der Waals surface area contributed by atoms with Crippen LogP contribution in [0.4, 0.5) is 0 Å². The van der Waals surface area contributed by atoms with Crippen LogP contribution in [0.5, 0.6) is 0 Å². The normalized spacial score (nSPS) is 39.4. The molecule has 2 aliphatic heterocycles. The second kappa shape index (κ2) is 5.74. The Morgan fingerprint density at radius 1 is 1.16 bits per heavy atom. The van der Waals surface area contributed by atoms with Gasteiger partial charge in [-0.3, -0.25) is 4.84 Å². The number of nitrogens with zero attached hydrogens (tertiary/aromatic N) is 2. The summed E-state index contributed by atoms with van der Waals surface area (Å²) in [7, 11) is 1.64. The van der Waals surface area contributed by atoms with Gasteiger partial charge in [0.25, 0.3) is 0 Å². The van der Waals surface area contributed by atoms with Crippen molar-refractivity contribution in [2.24, 2.45) is 0 Å². The van der Waals surface area contributed by atoms with Crippen LogP contribution in [-0.4, -0.2) is 50.9 Å². The van der Waals surface area contributed by atoms with Crippen molar-refractivity contribution in [1.29, 1.82) is 0 Å². The highest BCUT2D eigenvalue weighted by molar-refractivity contribution is 5.25. The Labute approximate surface area is 148 Å². The molecular formula is C19H28N2O4. The minimum Gasteiger partial charge on any atom is -0.375 e. The van der Waals surface area contributed by atoms with Crippen molar-refractivity contribution >= 4 is 0 Å². The molecule has 0 spiro atoms. The second-order valence-corrected chi connectivity index (χ2v) is 8.04. The highest BCUT2D eigenvalue weighted by Crippen LogP contribution is 2.57. The van der Waals surface area contributed by atoms with Gasteiger partial charge in [0.15, 0.2) is 5.66 Å². The third-order valence-electron chi connectivity index (χ3n) is 6.49. The molecule has 138 valence electrons. The Morgan fingerprint density at radius 3 is 2.44 bits per heavy atom. The molecule has 2 heterocycles. The molecule has 4 rings (SSSR count). The van der Waals surface area contributed by atoms with E-state index in [4.69, 9.17) is 9.57 Å². The van der Waals surface area contributed by atoms with E-state index < -0.39 is 17.1 Å². The summed E-state index contributed by atoms with van der Waals surface area (Å²) in [4.78, 5) is 6.20. The van der Waals surface area contributed by atoms with Crippen LogP contribution in [-0.2, 0) is 15.4 Å². The Kier molecular flexibility index (Phi) is 3.99. The average molecular weight is 348 g/mol. The zero-order valence-electron chi connectivity index (χ0n) is 15.2. The molecule has 0 radical (unpaired) electrons. The molecule has 1 saturated carbocycles. The molecule has 2 saturated heterocycles. The fourth-order valence-electron chi connectivity index (χ4n) is 4.90. The van der Waals surface area contributed by atoms with Crippen molar-refractivity contribution in [1.82, 2.24) is 10.1 Å². The second-order valence-electron chi connectivity index (χ2n) is 8.04. The summed E-state index contributed by atoms with van der Waals surface area (Å²) in [5.41, 5.74) is -0.985. The lowest BCUT2D eigenvalue weighted by molar-refractivity contribution is -0.334. The largest absolute Gasteiger partial charge is 0.375 e. The number of fused-ring (bicyclic) bond motifs is 3. The van der Waals surface area contributed by atoms with Crippen LogP contribution in [0, 0.1) is 0 Å². The molecular weight excluding hydrogens is 320 g/mol. The molecule has 3 aliphatic rings. The van der Waals surface area contributed by atoms with Gasteiger partial charge in [0, 0.05) is 19.1 Å². The number of rotatable bonds is 3. The highest BCUT2D eigenvalue weighted by Gasteiger charge is 2.73. The maximum absolute atomic E-state index is 11.3. The van der Waals surface area contributed by atoms with Gasteiger partial charge in [0.1, 0.15) is 0 Å². The lowest BCUT2D eigenvalue weighted by Crippen LogP contribution is -2.64. The number of aliphatic hydroxyl groups is 1. The molecule has 0 aromatic heterocycles. The van der Waals surface area contributed by atoms with E-state index in [1.165, 1.54) is 5.06 Å². The molecule has 6 nitrogen and oxygen atoms in total. The Balaban J connectivity index is 1.81. The number of hydrogen-bond donors (Lipinski definition) is 2. The molecule has 2 N–H and O–H groups in total. The fourth-order valence-corrected chi connectivity index (χ4v) is 4.90. The lowest BCUT2D eigenvalue weighted by Gasteiger charge is -2.46. The van der Waals surface area contributed by atoms with Crippen LogP contribution in [0.3, 0.4) is 0 Å². The first-order valence-corrected chi connectivity index (χ1v) is 9.15. The van der Waals surface area contributed by atoms with Gasteiger partial charge >= 0.3 is 0 Å². The Morgan fingerprint density at radius 2 is 1.80 bits per heavy atom. The van der Waals surface area contributed by atoms with Gasteiger partial charge in [0.2, 0.25) is 5.79 Å². The molecule has 0 amide bonds. The zero-order valence-corrected chi connectivity index (χ0v) is 15.2. The van der Waals surface area contributed by atoms with E-state index in [9.17, 15) is 10.3 Å². The number of methoxy groups -OCH3 is 1. The van der Waals surface area contributed by atoms with Crippen molar-refractivity contribution in [2.75, 3.05) is 7.11 Å². The van der Waals surface area contributed by atoms with Crippen LogP contribution in [0.15, 0.2) is 30.3 Å². The summed E-state index contributed by atoms with van der Waals surface area (Å²) in [5, 5.41) is 25.8. The van der Waals surface area contributed by atoms with E-state index in [1.54, 1.807) is 7.11 Å². The molecule has 3 fully saturated rings. The Bertz CT molecular complexity index is 640. The van der Waals surface area contributed by atoms with Crippen LogP contribution in [0.1, 0.15) is 51.5 Å². The minimum absolute atomic E-state index is 0.00324. The maximum Gasteiger partial charge on any atom is 0.214 e. The summed E-state index contributed by atoms with van der Waals surface area (Å²) >= 11 is 0. The molecule has 4 atom stereocenters. The van der Waals surface area contributed by atoms with Crippen LogP contribution in [0.2, 0.25) is 0 Å². The van der Waals surface area contributed by atoms with E-state index in [0.29, 0.717) is 5.56 Å². The summed E-state index contributed by atoms with van der Waals surface area (Å²) < 4.78 is 5.80. The predicted molar refractivity (Wildman–Crippen MR) is 91.4 cm³/mol. The van der Waals surface area contributed by atoms with Gasteiger partial charge in [-0.05, 0) is 26.7 Å². The molecule has 1 aromatic rings. The van der Waals surface area contributed by atoms with Crippen molar-refractivity contribution in [3.05, 3.63) is 35.9 Å². The monoisotopic (exact) mass is 348 g/mol. The summed E-state index contributed by atoms with van der Waals surface area (Å²) in [6.45, 7) is 3.89. The third-order valence-corrected chi connectivity index (χ3v) is 6.49. The quantitative estimate of drug-likeness (QED) is 0.875. The van der Waals surface area contributed by atoms with Crippen LogP contribution >= 0.6 is 0 Å². The van der Waals surface area contributed by atoms with Crippen molar-refractivity contribution in [2.45, 2.75) is 75.1 Å². The first-order valence-electron chi connectivity index (χ1n) is 9.15. The van der Waals surface area contributed by atoms with Crippen LogP contribution in [0.25, 0.3) is 0 Å². The van der Waals surface area contributed by atoms with E-state index in [2.05, 4.69) is 0 Å². The van der Waals surface area contributed by atoms with Gasteiger partial charge in [-0.15, -0.1) is 0 Å². The van der Waals surface area contributed by atoms with Crippen molar-refractivity contribution in [3.63, 3.8) is 0 Å². The number of hydrogen-bond acceptors (Lipinski definition) is 6. The number of ether oxygens (including phenoxy) is 1. The first-order chi connectivity index (χ1) is 11.9. The molecule has 6 heteroatoms. The third kappa shape index (κ3) is 2.25. The predicted octanol–water partition coefficient (Wildman–Crippen LogP) is 2.61. The van der Waals surface area contributed by atoms with Gasteiger partial charge in [0.05, 0.1) is 17.7 Å². The molecule has 1 aliphatic carbocycles. The van der Waals surface area contributed by atoms with Crippen molar-refractivity contribution in [3.8, 4) is 0 Å².